The number of fused-ring (bicyclic) bond motifs is 2. The van der Waals surface area contributed by atoms with E-state index >= 15 is 0 Å². The summed E-state index contributed by atoms with van der Waals surface area (Å²) >= 11 is 0. The highest BCUT2D eigenvalue weighted by Crippen LogP contribution is 2.29. The van der Waals surface area contributed by atoms with Gasteiger partial charge in [-0.05, 0) is 25.2 Å². The van der Waals surface area contributed by atoms with Gasteiger partial charge < -0.3 is 5.32 Å². The third-order valence-electron chi connectivity index (χ3n) is 4.82. The standard InChI is InChI=1S/C20H19N3O3/c1-22-8-9-23(12-22)11-18(24)21-13-6-7-16-17(10-13)20(26)15-5-3-2-4-14(15)19(16)25/h2-7,10H,8-9,11-12H2,1H3,(H,21,24). The van der Waals surface area contributed by atoms with Crippen molar-refractivity contribution in [1.82, 2.24) is 9.80 Å². The van der Waals surface area contributed by atoms with Crippen LogP contribution >= 0.6 is 0 Å². The summed E-state index contributed by atoms with van der Waals surface area (Å²) in [4.78, 5) is 41.8. The summed E-state index contributed by atoms with van der Waals surface area (Å²) < 4.78 is 0. The number of amides is 1. The summed E-state index contributed by atoms with van der Waals surface area (Å²) in [5.41, 5.74) is 2.09. The molecular weight excluding hydrogens is 330 g/mol. The Morgan fingerprint density at radius 3 is 2.27 bits per heavy atom. The average Bonchev–Trinajstić information content (AvgIpc) is 3.04. The SMILES string of the molecule is CN1CCN(CC(=O)Nc2ccc3c(c2)C(=O)c2ccccc2C3=O)C1. The zero-order valence-corrected chi connectivity index (χ0v) is 14.5. The van der Waals surface area contributed by atoms with Crippen LogP contribution in [0.5, 0.6) is 0 Å². The number of ketones is 2. The number of likely N-dealkylation sites (N-methyl/N-ethyl adjacent to an activating group) is 1. The molecule has 0 radical (unpaired) electrons. The summed E-state index contributed by atoms with van der Waals surface area (Å²) in [6.45, 7) is 2.87. The highest BCUT2D eigenvalue weighted by atomic mass is 16.2. The number of hydrogen-bond donors (Lipinski definition) is 1. The summed E-state index contributed by atoms with van der Waals surface area (Å²) in [5, 5.41) is 2.83. The van der Waals surface area contributed by atoms with Gasteiger partial charge in [0.15, 0.2) is 11.6 Å². The minimum absolute atomic E-state index is 0.129. The van der Waals surface area contributed by atoms with Gasteiger partial charge in [-0.15, -0.1) is 0 Å². The Morgan fingerprint density at radius 1 is 0.962 bits per heavy atom. The molecule has 0 unspecified atom stereocenters. The third kappa shape index (κ3) is 2.94. The van der Waals surface area contributed by atoms with Crippen LogP contribution in [0.25, 0.3) is 0 Å². The second kappa shape index (κ2) is 6.48. The number of nitrogens with zero attached hydrogens (tertiary/aromatic N) is 2. The van der Waals surface area contributed by atoms with Crippen LogP contribution in [-0.2, 0) is 4.79 Å². The molecule has 1 saturated heterocycles. The molecule has 0 saturated carbocycles. The Bertz CT molecular complexity index is 922. The lowest BCUT2D eigenvalue weighted by atomic mass is 9.84. The zero-order valence-electron chi connectivity index (χ0n) is 14.5. The van der Waals surface area contributed by atoms with Crippen LogP contribution in [0.2, 0.25) is 0 Å². The van der Waals surface area contributed by atoms with Gasteiger partial charge >= 0.3 is 0 Å². The van der Waals surface area contributed by atoms with E-state index in [2.05, 4.69) is 15.1 Å². The van der Waals surface area contributed by atoms with E-state index in [4.69, 9.17) is 0 Å². The van der Waals surface area contributed by atoms with Crippen LogP contribution in [0.1, 0.15) is 31.8 Å². The van der Waals surface area contributed by atoms with E-state index in [1.165, 1.54) is 0 Å². The Kier molecular flexibility index (Phi) is 4.14. The van der Waals surface area contributed by atoms with Crippen LogP contribution in [-0.4, -0.2) is 60.6 Å². The minimum Gasteiger partial charge on any atom is -0.325 e. The van der Waals surface area contributed by atoms with Crippen LogP contribution in [0, 0.1) is 0 Å². The van der Waals surface area contributed by atoms with Crippen molar-refractivity contribution in [2.75, 3.05) is 38.7 Å². The van der Waals surface area contributed by atoms with E-state index in [1.54, 1.807) is 42.5 Å². The fourth-order valence-electron chi connectivity index (χ4n) is 3.50. The molecule has 1 aliphatic carbocycles. The molecule has 1 amide bonds. The van der Waals surface area contributed by atoms with Crippen LogP contribution in [0.4, 0.5) is 5.69 Å². The Labute approximate surface area is 151 Å². The van der Waals surface area contributed by atoms with Gasteiger partial charge in [-0.3, -0.25) is 24.2 Å². The van der Waals surface area contributed by atoms with Gasteiger partial charge in [0, 0.05) is 41.0 Å². The van der Waals surface area contributed by atoms with Crippen molar-refractivity contribution in [3.63, 3.8) is 0 Å². The van der Waals surface area contributed by atoms with Gasteiger partial charge in [0.2, 0.25) is 5.91 Å². The van der Waals surface area contributed by atoms with Gasteiger partial charge in [0.25, 0.3) is 0 Å². The molecule has 2 aliphatic rings. The van der Waals surface area contributed by atoms with E-state index in [0.29, 0.717) is 34.5 Å². The lowest BCUT2D eigenvalue weighted by molar-refractivity contribution is -0.117. The van der Waals surface area contributed by atoms with Crippen molar-refractivity contribution in [3.8, 4) is 0 Å². The maximum atomic E-state index is 12.7. The summed E-state index contributed by atoms with van der Waals surface area (Å²) in [6, 6.07) is 11.7. The van der Waals surface area contributed by atoms with E-state index in [1.807, 2.05) is 7.05 Å². The molecule has 0 spiro atoms. The number of benzene rings is 2. The summed E-state index contributed by atoms with van der Waals surface area (Å²) in [7, 11) is 2.02. The lowest BCUT2D eigenvalue weighted by Gasteiger charge is -2.19. The minimum atomic E-state index is -0.188. The fourth-order valence-corrected chi connectivity index (χ4v) is 3.50. The molecule has 1 heterocycles. The smallest absolute Gasteiger partial charge is 0.238 e. The first-order valence-electron chi connectivity index (χ1n) is 8.56. The number of carbonyl (C=O) groups excluding carboxylic acids is 3. The van der Waals surface area contributed by atoms with Crippen molar-refractivity contribution < 1.29 is 14.4 Å². The number of hydrogen-bond acceptors (Lipinski definition) is 5. The lowest BCUT2D eigenvalue weighted by Crippen LogP contribution is -2.32. The van der Waals surface area contributed by atoms with Crippen LogP contribution < -0.4 is 5.32 Å². The van der Waals surface area contributed by atoms with Crippen molar-refractivity contribution >= 4 is 23.2 Å². The fraction of sp³-hybridized carbons (Fsp3) is 0.250. The van der Waals surface area contributed by atoms with Gasteiger partial charge in [-0.2, -0.15) is 0 Å². The van der Waals surface area contributed by atoms with Gasteiger partial charge in [-0.1, -0.05) is 24.3 Å². The highest BCUT2D eigenvalue weighted by Gasteiger charge is 2.29. The zero-order chi connectivity index (χ0) is 18.3. The molecule has 1 aliphatic heterocycles. The molecule has 26 heavy (non-hydrogen) atoms. The van der Waals surface area contributed by atoms with Crippen LogP contribution in [0.15, 0.2) is 42.5 Å². The second-order valence-corrected chi connectivity index (χ2v) is 6.79. The van der Waals surface area contributed by atoms with Crippen molar-refractivity contribution in [2.24, 2.45) is 0 Å². The summed E-state index contributed by atoms with van der Waals surface area (Å²) in [5.74, 6) is -0.476. The maximum absolute atomic E-state index is 12.7. The summed E-state index contributed by atoms with van der Waals surface area (Å²) in [6.07, 6.45) is 0. The van der Waals surface area contributed by atoms with Gasteiger partial charge in [0.1, 0.15) is 0 Å². The monoisotopic (exact) mass is 349 g/mol. The first-order valence-corrected chi connectivity index (χ1v) is 8.56. The van der Waals surface area contributed by atoms with E-state index in [-0.39, 0.29) is 17.5 Å². The molecule has 132 valence electrons. The van der Waals surface area contributed by atoms with E-state index in [0.717, 1.165) is 19.8 Å². The topological polar surface area (TPSA) is 69.7 Å². The predicted octanol–water partition coefficient (Wildman–Crippen LogP) is 1.61. The maximum Gasteiger partial charge on any atom is 0.238 e. The van der Waals surface area contributed by atoms with E-state index in [9.17, 15) is 14.4 Å². The Hall–Kier alpha value is -2.83. The largest absolute Gasteiger partial charge is 0.325 e. The Morgan fingerprint density at radius 2 is 1.62 bits per heavy atom. The van der Waals surface area contributed by atoms with Crippen molar-refractivity contribution in [1.29, 1.82) is 0 Å². The van der Waals surface area contributed by atoms with E-state index < -0.39 is 0 Å². The average molecular weight is 349 g/mol. The Balaban J connectivity index is 1.55. The van der Waals surface area contributed by atoms with Crippen molar-refractivity contribution in [2.45, 2.75) is 0 Å². The number of carbonyl (C=O) groups is 3. The molecule has 6 heteroatoms. The first-order chi connectivity index (χ1) is 12.5. The second-order valence-electron chi connectivity index (χ2n) is 6.79. The predicted molar refractivity (Wildman–Crippen MR) is 97.4 cm³/mol. The normalized spacial score (nSPS) is 17.1. The van der Waals surface area contributed by atoms with Crippen LogP contribution in [0.3, 0.4) is 0 Å². The molecule has 1 N–H and O–H groups in total. The molecule has 0 atom stereocenters. The molecule has 0 aromatic heterocycles. The van der Waals surface area contributed by atoms with Gasteiger partial charge in [-0.25, -0.2) is 0 Å². The molecule has 2 aromatic carbocycles. The quantitative estimate of drug-likeness (QED) is 0.778. The molecule has 1 fully saturated rings. The molecular formula is C20H19N3O3. The third-order valence-corrected chi connectivity index (χ3v) is 4.82. The molecule has 0 bridgehead atoms. The molecule has 4 rings (SSSR count). The first kappa shape index (κ1) is 16.6. The van der Waals surface area contributed by atoms with Crippen molar-refractivity contribution in [3.05, 3.63) is 64.7 Å². The number of anilines is 1. The molecule has 6 nitrogen and oxygen atoms in total. The number of rotatable bonds is 3. The highest BCUT2D eigenvalue weighted by molar-refractivity contribution is 6.28. The van der Waals surface area contributed by atoms with Gasteiger partial charge in [0.05, 0.1) is 13.2 Å². The number of nitrogens with one attached hydrogen (secondary N) is 1. The molecule has 2 aromatic rings.